The van der Waals surface area contributed by atoms with Gasteiger partial charge >= 0.3 is 11.3 Å². The van der Waals surface area contributed by atoms with Gasteiger partial charge in [0.2, 0.25) is 0 Å². The van der Waals surface area contributed by atoms with Crippen LogP contribution in [-0.4, -0.2) is 31.0 Å². The second kappa shape index (κ2) is 3.38. The van der Waals surface area contributed by atoms with E-state index in [1.165, 1.54) is 0 Å². The lowest BCUT2D eigenvalue weighted by Crippen LogP contribution is -2.50. The van der Waals surface area contributed by atoms with Crippen LogP contribution in [0.3, 0.4) is 0 Å². The number of alkyl halides is 3. The number of carbonyl (C=O) groups is 1. The smallest absolute Gasteiger partial charge is 0.380 e. The maximum Gasteiger partial charge on any atom is 0.399 e. The van der Waals surface area contributed by atoms with E-state index in [0.717, 1.165) is 0 Å². The lowest BCUT2D eigenvalue weighted by Gasteiger charge is -2.38. The first-order valence-electron chi connectivity index (χ1n) is 3.76. The molecule has 13 heavy (non-hydrogen) atoms. The van der Waals surface area contributed by atoms with Crippen molar-refractivity contribution < 1.29 is 18.3 Å². The molecule has 1 N–H and O–H groups in total. The van der Waals surface area contributed by atoms with Crippen LogP contribution in [0, 0.1) is 5.41 Å². The molecule has 1 aliphatic rings. The minimum Gasteiger partial charge on any atom is -0.380 e. The molecule has 1 amide bonds. The Morgan fingerprint density at radius 3 is 2.54 bits per heavy atom. The van der Waals surface area contributed by atoms with Gasteiger partial charge in [-0.15, -0.1) is 0 Å². The van der Waals surface area contributed by atoms with E-state index in [-0.39, 0.29) is 12.0 Å². The van der Waals surface area contributed by atoms with Crippen molar-refractivity contribution >= 4 is 17.5 Å². The van der Waals surface area contributed by atoms with Crippen LogP contribution in [0.25, 0.3) is 0 Å². The lowest BCUT2D eigenvalue weighted by atomic mass is 9.89. The summed E-state index contributed by atoms with van der Waals surface area (Å²) in [6.45, 7) is 2.94. The number of hydrogen-bond acceptors (Lipinski definition) is 2. The Morgan fingerprint density at radius 1 is 1.69 bits per heavy atom. The van der Waals surface area contributed by atoms with E-state index in [0.29, 0.717) is 13.2 Å². The zero-order valence-corrected chi connectivity index (χ0v) is 7.83. The van der Waals surface area contributed by atoms with E-state index < -0.39 is 11.3 Å². The highest BCUT2D eigenvalue weighted by atomic mass is 35.5. The molecule has 1 saturated heterocycles. The molecule has 0 spiro atoms. The van der Waals surface area contributed by atoms with E-state index in [4.69, 9.17) is 4.74 Å². The van der Waals surface area contributed by atoms with Crippen molar-refractivity contribution in [3.8, 4) is 0 Å². The van der Waals surface area contributed by atoms with Gasteiger partial charge in [0, 0.05) is 12.0 Å². The van der Waals surface area contributed by atoms with Crippen LogP contribution in [0.15, 0.2) is 0 Å². The first kappa shape index (κ1) is 10.7. The minimum atomic E-state index is -3.82. The Morgan fingerprint density at radius 2 is 2.23 bits per heavy atom. The van der Waals surface area contributed by atoms with Gasteiger partial charge in [-0.25, -0.2) is 0 Å². The second-order valence-electron chi connectivity index (χ2n) is 3.48. The highest BCUT2D eigenvalue weighted by Crippen LogP contribution is 2.26. The topological polar surface area (TPSA) is 38.3 Å². The summed E-state index contributed by atoms with van der Waals surface area (Å²) in [5, 5.41) is -1.75. The predicted molar refractivity (Wildman–Crippen MR) is 42.7 cm³/mol. The van der Waals surface area contributed by atoms with Gasteiger partial charge in [0.1, 0.15) is 0 Å². The van der Waals surface area contributed by atoms with Gasteiger partial charge in [-0.05, 0) is 11.6 Å². The first-order chi connectivity index (χ1) is 5.83. The summed E-state index contributed by atoms with van der Waals surface area (Å²) in [4.78, 5) is 10.6. The molecule has 1 fully saturated rings. The molecular weight excluding hydrogens is 204 g/mol. The van der Waals surface area contributed by atoms with Crippen molar-refractivity contribution in [1.82, 2.24) is 5.32 Å². The molecule has 0 saturated carbocycles. The van der Waals surface area contributed by atoms with Gasteiger partial charge < -0.3 is 10.1 Å². The lowest BCUT2D eigenvalue weighted by molar-refractivity contribution is -0.140. The molecule has 1 heterocycles. The minimum absolute atomic E-state index is 0.161. The summed E-state index contributed by atoms with van der Waals surface area (Å²) < 4.78 is 29.2. The van der Waals surface area contributed by atoms with Crippen molar-refractivity contribution in [3.63, 3.8) is 0 Å². The fraction of sp³-hybridized carbons (Fsp3) is 0.857. The highest BCUT2D eigenvalue weighted by molar-refractivity contribution is 6.32. The predicted octanol–water partition coefficient (Wildman–Crippen LogP) is 0.971. The van der Waals surface area contributed by atoms with Crippen molar-refractivity contribution in [2.45, 2.75) is 12.3 Å². The molecule has 0 aromatic rings. The standard InChI is InChI=1S/C7H10ClF2NO2/c1-6(3-13-4-6)2-11-5(12)7(8,9)10/h2-4H2,1H3,(H,11,12). The quantitative estimate of drug-likeness (QED) is 0.710. The monoisotopic (exact) mass is 213 g/mol. The Kier molecular flexibility index (Phi) is 2.77. The molecule has 0 radical (unpaired) electrons. The molecule has 0 unspecified atom stereocenters. The van der Waals surface area contributed by atoms with Crippen LogP contribution in [0.4, 0.5) is 8.78 Å². The van der Waals surface area contributed by atoms with Gasteiger partial charge in [0.25, 0.3) is 0 Å². The summed E-state index contributed by atoms with van der Waals surface area (Å²) in [6.07, 6.45) is 0. The maximum absolute atomic E-state index is 12.1. The third-order valence-electron chi connectivity index (χ3n) is 1.83. The van der Waals surface area contributed by atoms with Gasteiger partial charge in [0.15, 0.2) is 0 Å². The summed E-state index contributed by atoms with van der Waals surface area (Å²) in [5.74, 6) is -1.46. The number of halogens is 3. The zero-order chi connectivity index (χ0) is 10.1. The van der Waals surface area contributed by atoms with Gasteiger partial charge in [-0.1, -0.05) is 6.92 Å². The molecule has 6 heteroatoms. The van der Waals surface area contributed by atoms with Crippen molar-refractivity contribution in [2.24, 2.45) is 5.41 Å². The van der Waals surface area contributed by atoms with Crippen LogP contribution in [0.2, 0.25) is 0 Å². The normalized spacial score (nSPS) is 20.6. The summed E-state index contributed by atoms with van der Waals surface area (Å²) in [7, 11) is 0. The van der Waals surface area contributed by atoms with Crippen LogP contribution in [-0.2, 0) is 9.53 Å². The average molecular weight is 214 g/mol. The van der Waals surface area contributed by atoms with E-state index in [1.807, 2.05) is 6.92 Å². The zero-order valence-electron chi connectivity index (χ0n) is 7.07. The second-order valence-corrected chi connectivity index (χ2v) is 3.96. The summed E-state index contributed by atoms with van der Waals surface area (Å²) >= 11 is 4.50. The van der Waals surface area contributed by atoms with E-state index >= 15 is 0 Å². The molecule has 76 valence electrons. The third kappa shape index (κ3) is 2.77. The molecule has 1 aliphatic heterocycles. The summed E-state index contributed by atoms with van der Waals surface area (Å²) in [6, 6.07) is 0. The third-order valence-corrected chi connectivity index (χ3v) is 2.01. The number of rotatable bonds is 3. The maximum atomic E-state index is 12.1. The molecule has 0 aromatic heterocycles. The van der Waals surface area contributed by atoms with Crippen molar-refractivity contribution in [2.75, 3.05) is 19.8 Å². The Bertz CT molecular complexity index is 213. The number of amides is 1. The number of hydrogen-bond donors (Lipinski definition) is 1. The Hall–Kier alpha value is -0.420. The van der Waals surface area contributed by atoms with Crippen LogP contribution in [0.5, 0.6) is 0 Å². The molecule has 0 bridgehead atoms. The van der Waals surface area contributed by atoms with E-state index in [9.17, 15) is 13.6 Å². The highest BCUT2D eigenvalue weighted by Gasteiger charge is 2.39. The Balaban J connectivity index is 2.30. The molecule has 0 aromatic carbocycles. The fourth-order valence-electron chi connectivity index (χ4n) is 0.946. The van der Waals surface area contributed by atoms with Crippen molar-refractivity contribution in [1.29, 1.82) is 0 Å². The van der Waals surface area contributed by atoms with E-state index in [2.05, 4.69) is 16.9 Å². The Labute approximate surface area is 79.4 Å². The molecular formula is C7H10ClF2NO2. The number of carbonyl (C=O) groups excluding carboxylic acids is 1. The first-order valence-corrected chi connectivity index (χ1v) is 4.14. The summed E-state index contributed by atoms with van der Waals surface area (Å²) in [5.41, 5.74) is -0.224. The molecule has 0 aliphatic carbocycles. The average Bonchev–Trinajstić information content (AvgIpc) is 1.94. The van der Waals surface area contributed by atoms with Gasteiger partial charge in [-0.2, -0.15) is 8.78 Å². The van der Waals surface area contributed by atoms with Crippen molar-refractivity contribution in [3.05, 3.63) is 0 Å². The van der Waals surface area contributed by atoms with Gasteiger partial charge in [-0.3, -0.25) is 4.79 Å². The molecule has 3 nitrogen and oxygen atoms in total. The largest absolute Gasteiger partial charge is 0.399 e. The number of nitrogens with one attached hydrogen (secondary N) is 1. The SMILES string of the molecule is CC1(CNC(=O)C(F)(F)Cl)COC1. The number of ether oxygens (including phenoxy) is 1. The van der Waals surface area contributed by atoms with Crippen LogP contribution in [0.1, 0.15) is 6.92 Å². The molecule has 0 atom stereocenters. The van der Waals surface area contributed by atoms with Crippen LogP contribution < -0.4 is 5.32 Å². The van der Waals surface area contributed by atoms with E-state index in [1.54, 1.807) is 0 Å². The van der Waals surface area contributed by atoms with Crippen LogP contribution >= 0.6 is 11.6 Å². The fourth-order valence-corrected chi connectivity index (χ4v) is 1.01. The van der Waals surface area contributed by atoms with Gasteiger partial charge in [0.05, 0.1) is 13.2 Å². The molecule has 1 rings (SSSR count).